The predicted molar refractivity (Wildman–Crippen MR) is 50.3 cm³/mol. The fourth-order valence-electron chi connectivity index (χ4n) is 1.55. The average molecular weight is 186 g/mol. The summed E-state index contributed by atoms with van der Waals surface area (Å²) in [5.41, 5.74) is 0. The number of nitrogens with zero attached hydrogens (tertiary/aromatic N) is 1. The fraction of sp³-hybridized carbons (Fsp3) is 0.889. The summed E-state index contributed by atoms with van der Waals surface area (Å²) < 4.78 is 0. The minimum atomic E-state index is -0.0877. The summed E-state index contributed by atoms with van der Waals surface area (Å²) in [5.74, 6) is 0.0191. The Labute approximate surface area is 78.9 Å². The molecule has 2 N–H and O–H groups in total. The Morgan fingerprint density at radius 1 is 1.77 bits per heavy atom. The molecule has 1 saturated heterocycles. The van der Waals surface area contributed by atoms with Gasteiger partial charge in [-0.1, -0.05) is 6.92 Å². The molecule has 1 aliphatic heterocycles. The maximum Gasteiger partial charge on any atom is 0.234 e. The number of aliphatic hydroxyl groups is 1. The Balaban J connectivity index is 2.51. The quantitative estimate of drug-likeness (QED) is 0.629. The largest absolute Gasteiger partial charge is 0.394 e. The molecule has 0 spiro atoms. The van der Waals surface area contributed by atoms with Gasteiger partial charge in [0.2, 0.25) is 5.91 Å². The normalized spacial score (nSPS) is 27.0. The monoisotopic (exact) mass is 186 g/mol. The van der Waals surface area contributed by atoms with Crippen LogP contribution in [0.1, 0.15) is 20.3 Å². The smallest absolute Gasteiger partial charge is 0.234 e. The highest BCUT2D eigenvalue weighted by atomic mass is 16.3. The van der Waals surface area contributed by atoms with Gasteiger partial charge in [-0.15, -0.1) is 0 Å². The molecule has 1 heterocycles. The van der Waals surface area contributed by atoms with Gasteiger partial charge in [-0.2, -0.15) is 0 Å². The SMILES string of the molecule is CCC(C)N1CC(=O)N[C@H](CO)C1. The van der Waals surface area contributed by atoms with E-state index in [-0.39, 0.29) is 18.6 Å². The van der Waals surface area contributed by atoms with E-state index in [9.17, 15) is 4.79 Å². The molecule has 0 aromatic carbocycles. The number of carbonyl (C=O) groups excluding carboxylic acids is 1. The molecule has 0 radical (unpaired) electrons. The first kappa shape index (κ1) is 10.5. The van der Waals surface area contributed by atoms with E-state index in [2.05, 4.69) is 24.1 Å². The molecule has 0 saturated carbocycles. The number of hydrogen-bond acceptors (Lipinski definition) is 3. The molecule has 4 heteroatoms. The van der Waals surface area contributed by atoms with Gasteiger partial charge < -0.3 is 10.4 Å². The van der Waals surface area contributed by atoms with E-state index in [1.165, 1.54) is 0 Å². The molecule has 1 unspecified atom stereocenters. The first-order valence-electron chi connectivity index (χ1n) is 4.81. The highest BCUT2D eigenvalue weighted by Gasteiger charge is 2.26. The van der Waals surface area contributed by atoms with Gasteiger partial charge in [0, 0.05) is 12.6 Å². The standard InChI is InChI=1S/C9H18N2O2/c1-3-7(2)11-4-8(6-12)10-9(13)5-11/h7-8,12H,3-6H2,1-2H3,(H,10,13)/t7?,8-/m0/s1. The van der Waals surface area contributed by atoms with E-state index in [0.717, 1.165) is 13.0 Å². The van der Waals surface area contributed by atoms with Crippen LogP contribution in [0.15, 0.2) is 0 Å². The van der Waals surface area contributed by atoms with Gasteiger partial charge in [0.1, 0.15) is 0 Å². The van der Waals surface area contributed by atoms with Gasteiger partial charge in [-0.05, 0) is 13.3 Å². The Morgan fingerprint density at radius 3 is 3.00 bits per heavy atom. The van der Waals surface area contributed by atoms with Crippen molar-refractivity contribution in [1.29, 1.82) is 0 Å². The summed E-state index contributed by atoms with van der Waals surface area (Å²) in [4.78, 5) is 13.3. The van der Waals surface area contributed by atoms with Crippen LogP contribution in [0, 0.1) is 0 Å². The van der Waals surface area contributed by atoms with Gasteiger partial charge in [-0.25, -0.2) is 0 Å². The van der Waals surface area contributed by atoms with E-state index in [1.54, 1.807) is 0 Å². The highest BCUT2D eigenvalue weighted by Crippen LogP contribution is 2.07. The number of hydrogen-bond donors (Lipinski definition) is 2. The lowest BCUT2D eigenvalue weighted by atomic mass is 10.1. The van der Waals surface area contributed by atoms with Crippen LogP contribution >= 0.6 is 0 Å². The van der Waals surface area contributed by atoms with Crippen molar-refractivity contribution in [3.8, 4) is 0 Å². The predicted octanol–water partition coefficient (Wildman–Crippen LogP) is -0.422. The van der Waals surface area contributed by atoms with Crippen LogP contribution in [0.25, 0.3) is 0 Å². The van der Waals surface area contributed by atoms with E-state index in [0.29, 0.717) is 12.6 Å². The molecular weight excluding hydrogens is 168 g/mol. The number of amides is 1. The van der Waals surface area contributed by atoms with Crippen LogP contribution in [0.5, 0.6) is 0 Å². The molecule has 4 nitrogen and oxygen atoms in total. The maximum atomic E-state index is 11.2. The van der Waals surface area contributed by atoms with Crippen molar-refractivity contribution in [2.24, 2.45) is 0 Å². The van der Waals surface area contributed by atoms with E-state index < -0.39 is 0 Å². The van der Waals surface area contributed by atoms with Crippen LogP contribution in [0.4, 0.5) is 0 Å². The van der Waals surface area contributed by atoms with Crippen molar-refractivity contribution in [3.63, 3.8) is 0 Å². The Bertz CT molecular complexity index is 184. The molecule has 0 aromatic rings. The zero-order chi connectivity index (χ0) is 9.84. The summed E-state index contributed by atoms with van der Waals surface area (Å²) in [7, 11) is 0. The lowest BCUT2D eigenvalue weighted by Gasteiger charge is -2.35. The number of nitrogens with one attached hydrogen (secondary N) is 1. The van der Waals surface area contributed by atoms with Crippen LogP contribution < -0.4 is 5.32 Å². The molecule has 0 aromatic heterocycles. The van der Waals surface area contributed by atoms with E-state index in [4.69, 9.17) is 5.11 Å². The maximum absolute atomic E-state index is 11.2. The van der Waals surface area contributed by atoms with E-state index >= 15 is 0 Å². The summed E-state index contributed by atoms with van der Waals surface area (Å²) >= 11 is 0. The van der Waals surface area contributed by atoms with Gasteiger partial charge in [0.05, 0.1) is 19.2 Å². The van der Waals surface area contributed by atoms with Crippen LogP contribution in [-0.2, 0) is 4.79 Å². The minimum Gasteiger partial charge on any atom is -0.394 e. The molecule has 1 amide bonds. The van der Waals surface area contributed by atoms with Crippen molar-refractivity contribution in [3.05, 3.63) is 0 Å². The molecule has 76 valence electrons. The van der Waals surface area contributed by atoms with Gasteiger partial charge in [-0.3, -0.25) is 9.69 Å². The summed E-state index contributed by atoms with van der Waals surface area (Å²) in [5, 5.41) is 11.7. The van der Waals surface area contributed by atoms with Gasteiger partial charge in [0.15, 0.2) is 0 Å². The second-order valence-electron chi connectivity index (χ2n) is 3.63. The Hall–Kier alpha value is -0.610. The van der Waals surface area contributed by atoms with Crippen molar-refractivity contribution in [2.75, 3.05) is 19.7 Å². The molecule has 1 aliphatic rings. The summed E-state index contributed by atoms with van der Waals surface area (Å²) in [6.45, 7) is 5.46. The van der Waals surface area contributed by atoms with Gasteiger partial charge in [0.25, 0.3) is 0 Å². The summed E-state index contributed by atoms with van der Waals surface area (Å²) in [6.07, 6.45) is 1.03. The lowest BCUT2D eigenvalue weighted by molar-refractivity contribution is -0.127. The second kappa shape index (κ2) is 4.58. The first-order valence-corrected chi connectivity index (χ1v) is 4.81. The third-order valence-electron chi connectivity index (χ3n) is 2.60. The lowest BCUT2D eigenvalue weighted by Crippen LogP contribution is -2.57. The van der Waals surface area contributed by atoms with Crippen molar-refractivity contribution in [1.82, 2.24) is 10.2 Å². The van der Waals surface area contributed by atoms with Crippen LogP contribution in [0.3, 0.4) is 0 Å². The van der Waals surface area contributed by atoms with Crippen LogP contribution in [0.2, 0.25) is 0 Å². The minimum absolute atomic E-state index is 0.0191. The molecular formula is C9H18N2O2. The molecule has 13 heavy (non-hydrogen) atoms. The number of rotatable bonds is 3. The highest BCUT2D eigenvalue weighted by molar-refractivity contribution is 5.79. The van der Waals surface area contributed by atoms with Gasteiger partial charge >= 0.3 is 0 Å². The average Bonchev–Trinajstić information content (AvgIpc) is 2.15. The topological polar surface area (TPSA) is 52.6 Å². The molecule has 2 atom stereocenters. The Kier molecular flexibility index (Phi) is 3.69. The number of piperazine rings is 1. The molecule has 1 fully saturated rings. The van der Waals surface area contributed by atoms with E-state index in [1.807, 2.05) is 0 Å². The zero-order valence-corrected chi connectivity index (χ0v) is 8.29. The second-order valence-corrected chi connectivity index (χ2v) is 3.63. The summed E-state index contributed by atoms with van der Waals surface area (Å²) in [6, 6.07) is 0.329. The Morgan fingerprint density at radius 2 is 2.46 bits per heavy atom. The van der Waals surface area contributed by atoms with Crippen molar-refractivity contribution < 1.29 is 9.90 Å². The third-order valence-corrected chi connectivity index (χ3v) is 2.60. The van der Waals surface area contributed by atoms with Crippen molar-refractivity contribution in [2.45, 2.75) is 32.4 Å². The van der Waals surface area contributed by atoms with Crippen LogP contribution in [-0.4, -0.2) is 47.7 Å². The molecule has 0 bridgehead atoms. The fourth-order valence-corrected chi connectivity index (χ4v) is 1.55. The first-order chi connectivity index (χ1) is 6.17. The molecule has 0 aliphatic carbocycles. The zero-order valence-electron chi connectivity index (χ0n) is 8.29. The third kappa shape index (κ3) is 2.67. The number of aliphatic hydroxyl groups excluding tert-OH is 1. The molecule has 1 rings (SSSR count). The van der Waals surface area contributed by atoms with Crippen molar-refractivity contribution >= 4 is 5.91 Å². The number of carbonyl (C=O) groups is 1.